The number of nitrogens with zero attached hydrogens (tertiary/aromatic N) is 4. The summed E-state index contributed by atoms with van der Waals surface area (Å²) in [6.07, 6.45) is -2.07. The first-order chi connectivity index (χ1) is 15.8. The third-order valence-electron chi connectivity index (χ3n) is 4.36. The molecule has 0 fully saturated rings. The minimum Gasteiger partial charge on any atom is -0.444 e. The van der Waals surface area contributed by atoms with Gasteiger partial charge in [0.25, 0.3) is 0 Å². The highest BCUT2D eigenvalue weighted by atomic mass is 19.4. The number of ether oxygens (including phenoxy) is 1. The van der Waals surface area contributed by atoms with Gasteiger partial charge in [0.1, 0.15) is 11.4 Å². The van der Waals surface area contributed by atoms with Gasteiger partial charge in [0.15, 0.2) is 11.5 Å². The number of hydrogen-bond acceptors (Lipinski definition) is 7. The third kappa shape index (κ3) is 6.56. The van der Waals surface area contributed by atoms with E-state index in [0.717, 1.165) is 6.07 Å². The zero-order valence-electron chi connectivity index (χ0n) is 18.7. The van der Waals surface area contributed by atoms with Gasteiger partial charge in [-0.05, 0) is 45.4 Å². The minimum atomic E-state index is -4.65. The molecular formula is C21H24F3N7O3. The molecule has 13 heteroatoms. The van der Waals surface area contributed by atoms with Crippen molar-refractivity contribution in [3.63, 3.8) is 0 Å². The van der Waals surface area contributed by atoms with Crippen LogP contribution in [0.15, 0.2) is 30.6 Å². The Labute approximate surface area is 192 Å². The van der Waals surface area contributed by atoms with Crippen molar-refractivity contribution in [3.05, 3.63) is 36.2 Å². The Morgan fingerprint density at radius 2 is 1.94 bits per heavy atom. The van der Waals surface area contributed by atoms with Crippen LogP contribution in [0.25, 0.3) is 16.9 Å². The molecule has 0 bridgehead atoms. The fourth-order valence-corrected chi connectivity index (χ4v) is 2.90. The summed E-state index contributed by atoms with van der Waals surface area (Å²) in [7, 11) is 0. The van der Waals surface area contributed by atoms with Gasteiger partial charge in [-0.2, -0.15) is 18.3 Å². The molecule has 0 radical (unpaired) electrons. The molecule has 0 spiro atoms. The zero-order valence-corrected chi connectivity index (χ0v) is 18.7. The second-order valence-electron chi connectivity index (χ2n) is 8.38. The fraction of sp³-hybridized carbons (Fsp3) is 0.381. The van der Waals surface area contributed by atoms with Crippen molar-refractivity contribution in [2.24, 2.45) is 0 Å². The number of nitrogens with two attached hydrogens (primary N) is 1. The number of alkyl halides is 3. The van der Waals surface area contributed by atoms with Gasteiger partial charge in [0, 0.05) is 24.7 Å². The summed E-state index contributed by atoms with van der Waals surface area (Å²) in [5.74, 6) is -0.723. The summed E-state index contributed by atoms with van der Waals surface area (Å²) in [4.78, 5) is 31.6. The lowest BCUT2D eigenvalue weighted by Crippen LogP contribution is -2.33. The number of carbonyl (C=O) groups is 2. The van der Waals surface area contributed by atoms with Gasteiger partial charge in [-0.15, -0.1) is 0 Å². The topological polar surface area (TPSA) is 137 Å². The van der Waals surface area contributed by atoms with Gasteiger partial charge in [-0.3, -0.25) is 4.79 Å². The van der Waals surface area contributed by atoms with Crippen LogP contribution >= 0.6 is 0 Å². The average molecular weight is 479 g/mol. The van der Waals surface area contributed by atoms with E-state index in [4.69, 9.17) is 10.5 Å². The number of imidazole rings is 1. The lowest BCUT2D eigenvalue weighted by atomic mass is 10.1. The van der Waals surface area contributed by atoms with Crippen molar-refractivity contribution < 1.29 is 27.5 Å². The predicted molar refractivity (Wildman–Crippen MR) is 118 cm³/mol. The Balaban J connectivity index is 1.61. The highest BCUT2D eigenvalue weighted by Gasteiger charge is 2.34. The van der Waals surface area contributed by atoms with Gasteiger partial charge >= 0.3 is 12.3 Å². The number of pyridine rings is 1. The summed E-state index contributed by atoms with van der Waals surface area (Å²) >= 11 is 0. The van der Waals surface area contributed by atoms with Crippen LogP contribution in [0.2, 0.25) is 0 Å². The standard InChI is InChI=1S/C21H24F3N7O3/c1-20(2,3)34-19(33)26-8-4-5-17(32)29-15-11-31-16(28-15)7-6-14(30-31)12-9-13(21(22,23)24)18(25)27-10-12/h6-7,9-11H,4-5,8H2,1-3H3,(H2,25,27)(H,26,33)(H,29,32). The molecule has 0 unspecified atom stereocenters. The zero-order chi connectivity index (χ0) is 25.1. The molecule has 3 heterocycles. The number of amides is 2. The molecule has 10 nitrogen and oxygen atoms in total. The summed E-state index contributed by atoms with van der Waals surface area (Å²) < 4.78 is 45.8. The minimum absolute atomic E-state index is 0.125. The van der Waals surface area contributed by atoms with Crippen molar-refractivity contribution in [2.75, 3.05) is 17.6 Å². The number of hydrogen-bond donors (Lipinski definition) is 3. The van der Waals surface area contributed by atoms with Crippen LogP contribution in [0.5, 0.6) is 0 Å². The largest absolute Gasteiger partial charge is 0.444 e. The summed E-state index contributed by atoms with van der Waals surface area (Å²) in [5, 5.41) is 9.43. The Bertz CT molecular complexity index is 1200. The monoisotopic (exact) mass is 479 g/mol. The molecule has 0 aliphatic rings. The van der Waals surface area contributed by atoms with E-state index in [-0.39, 0.29) is 35.9 Å². The Hall–Kier alpha value is -3.90. The van der Waals surface area contributed by atoms with E-state index < -0.39 is 29.3 Å². The van der Waals surface area contributed by atoms with E-state index in [2.05, 4.69) is 25.7 Å². The molecule has 0 aliphatic heterocycles. The summed E-state index contributed by atoms with van der Waals surface area (Å²) in [5.41, 5.74) is 4.41. The van der Waals surface area contributed by atoms with Crippen LogP contribution in [-0.2, 0) is 15.7 Å². The predicted octanol–water partition coefficient (Wildman–Crippen LogP) is 3.64. The first-order valence-electron chi connectivity index (χ1n) is 10.3. The second kappa shape index (κ2) is 9.53. The smallest absolute Gasteiger partial charge is 0.419 e. The maximum atomic E-state index is 13.1. The quantitative estimate of drug-likeness (QED) is 0.459. The second-order valence-corrected chi connectivity index (χ2v) is 8.38. The van der Waals surface area contributed by atoms with Crippen LogP contribution in [0.3, 0.4) is 0 Å². The number of halogens is 3. The van der Waals surface area contributed by atoms with E-state index in [1.54, 1.807) is 26.8 Å². The molecular weight excluding hydrogens is 455 g/mol. The average Bonchev–Trinajstić information content (AvgIpc) is 3.10. The maximum absolute atomic E-state index is 13.1. The number of rotatable bonds is 6. The SMILES string of the molecule is CC(C)(C)OC(=O)NCCCC(=O)Nc1cn2nc(-c3cnc(N)c(C(F)(F)F)c3)ccc2n1. The highest BCUT2D eigenvalue weighted by molar-refractivity contribution is 5.90. The number of nitrogen functional groups attached to an aromatic ring is 1. The van der Waals surface area contributed by atoms with Crippen molar-refractivity contribution >= 4 is 29.3 Å². The summed E-state index contributed by atoms with van der Waals surface area (Å²) in [6, 6.07) is 3.91. The van der Waals surface area contributed by atoms with Crippen molar-refractivity contribution in [1.82, 2.24) is 24.9 Å². The molecule has 3 aromatic rings. The van der Waals surface area contributed by atoms with E-state index >= 15 is 0 Å². The molecule has 0 atom stereocenters. The van der Waals surface area contributed by atoms with E-state index in [1.807, 2.05) is 0 Å². The molecule has 0 aliphatic carbocycles. The number of nitrogens with one attached hydrogen (secondary N) is 2. The summed E-state index contributed by atoms with van der Waals surface area (Å²) in [6.45, 7) is 5.51. The molecule has 0 saturated carbocycles. The number of carbonyl (C=O) groups excluding carboxylic acids is 2. The van der Waals surface area contributed by atoms with Gasteiger partial charge in [0.2, 0.25) is 5.91 Å². The molecule has 2 amide bonds. The van der Waals surface area contributed by atoms with Gasteiger partial charge < -0.3 is 21.1 Å². The Morgan fingerprint density at radius 1 is 1.21 bits per heavy atom. The van der Waals surface area contributed by atoms with Crippen molar-refractivity contribution in [3.8, 4) is 11.3 Å². The van der Waals surface area contributed by atoms with Crippen LogP contribution < -0.4 is 16.4 Å². The lowest BCUT2D eigenvalue weighted by molar-refractivity contribution is -0.137. The van der Waals surface area contributed by atoms with E-state index in [0.29, 0.717) is 12.1 Å². The maximum Gasteiger partial charge on any atom is 0.419 e. The molecule has 34 heavy (non-hydrogen) atoms. The number of aromatic nitrogens is 4. The third-order valence-corrected chi connectivity index (χ3v) is 4.36. The fourth-order valence-electron chi connectivity index (χ4n) is 2.90. The molecule has 182 valence electrons. The first kappa shape index (κ1) is 24.7. The van der Waals surface area contributed by atoms with E-state index in [1.165, 1.54) is 23.0 Å². The number of fused-ring (bicyclic) bond motifs is 1. The van der Waals surface area contributed by atoms with Crippen molar-refractivity contribution in [1.29, 1.82) is 0 Å². The van der Waals surface area contributed by atoms with E-state index in [9.17, 15) is 22.8 Å². The number of alkyl carbamates (subject to hydrolysis) is 1. The van der Waals surface area contributed by atoms with Crippen LogP contribution in [0, 0.1) is 0 Å². The molecule has 0 aromatic carbocycles. The molecule has 4 N–H and O–H groups in total. The van der Waals surface area contributed by atoms with Crippen LogP contribution in [-0.4, -0.2) is 43.7 Å². The molecule has 3 aromatic heterocycles. The Kier molecular flexibility index (Phi) is 6.93. The first-order valence-corrected chi connectivity index (χ1v) is 10.3. The van der Waals surface area contributed by atoms with Gasteiger partial charge in [-0.25, -0.2) is 19.3 Å². The normalized spacial score (nSPS) is 11.9. The molecule has 3 rings (SSSR count). The van der Waals surface area contributed by atoms with Crippen LogP contribution in [0.1, 0.15) is 39.2 Å². The van der Waals surface area contributed by atoms with Crippen LogP contribution in [0.4, 0.5) is 29.6 Å². The molecule has 0 saturated heterocycles. The highest BCUT2D eigenvalue weighted by Crippen LogP contribution is 2.34. The number of anilines is 2. The Morgan fingerprint density at radius 3 is 2.62 bits per heavy atom. The van der Waals surface area contributed by atoms with Crippen molar-refractivity contribution in [2.45, 2.75) is 45.4 Å². The van der Waals surface area contributed by atoms with Gasteiger partial charge in [0.05, 0.1) is 17.5 Å². The van der Waals surface area contributed by atoms with Gasteiger partial charge in [-0.1, -0.05) is 0 Å². The lowest BCUT2D eigenvalue weighted by Gasteiger charge is -2.19.